The third-order valence-corrected chi connectivity index (χ3v) is 4.33. The van der Waals surface area contributed by atoms with Crippen molar-refractivity contribution < 1.29 is 9.21 Å². The van der Waals surface area contributed by atoms with Crippen LogP contribution in [0.15, 0.2) is 39.5 Å². The maximum absolute atomic E-state index is 12.2. The van der Waals surface area contributed by atoms with Gasteiger partial charge in [0.25, 0.3) is 5.91 Å². The Morgan fingerprint density at radius 2 is 2.00 bits per heavy atom. The van der Waals surface area contributed by atoms with Gasteiger partial charge >= 0.3 is 5.63 Å². The third kappa shape index (κ3) is 5.84. The Bertz CT molecular complexity index is 819. The molecule has 0 aliphatic heterocycles. The summed E-state index contributed by atoms with van der Waals surface area (Å²) >= 11 is 5.15. The molecule has 2 aromatic rings. The first-order chi connectivity index (χ1) is 12.5. The number of hydrogen-bond donors (Lipinski definition) is 3. The first-order valence-electron chi connectivity index (χ1n) is 8.88. The highest BCUT2D eigenvalue weighted by atomic mass is 32.1. The predicted molar refractivity (Wildman–Crippen MR) is 107 cm³/mol. The standard InChI is InChI=1S/C19H25N3O3S/c1-3-4-5-8-13(2)12-20-19(26)22-21-17(23)15-11-14-9-6-7-10-16(14)25-18(15)24/h6-7,9-11,13H,3-5,8,12H2,1-2H3,(H,21,23)(H2,20,22,26)/t13-/m1/s1. The van der Waals surface area contributed by atoms with Crippen molar-refractivity contribution >= 4 is 34.2 Å². The summed E-state index contributed by atoms with van der Waals surface area (Å²) in [5, 5.41) is 4.05. The summed E-state index contributed by atoms with van der Waals surface area (Å²) in [5.41, 5.74) is 4.72. The van der Waals surface area contributed by atoms with Crippen LogP contribution in [-0.2, 0) is 0 Å². The minimum Gasteiger partial charge on any atom is -0.422 e. The first kappa shape index (κ1) is 19.9. The van der Waals surface area contributed by atoms with Crippen LogP contribution in [-0.4, -0.2) is 17.6 Å². The molecule has 1 amide bonds. The van der Waals surface area contributed by atoms with E-state index in [4.69, 9.17) is 16.6 Å². The zero-order valence-corrected chi connectivity index (χ0v) is 15.9. The van der Waals surface area contributed by atoms with E-state index in [0.29, 0.717) is 22.0 Å². The molecule has 0 aliphatic rings. The second-order valence-corrected chi connectivity index (χ2v) is 6.78. The van der Waals surface area contributed by atoms with Crippen LogP contribution in [0, 0.1) is 5.92 Å². The van der Waals surface area contributed by atoms with E-state index >= 15 is 0 Å². The molecule has 0 saturated heterocycles. The maximum atomic E-state index is 12.2. The average molecular weight is 375 g/mol. The Balaban J connectivity index is 1.84. The van der Waals surface area contributed by atoms with Gasteiger partial charge in [-0.05, 0) is 36.7 Å². The quantitative estimate of drug-likeness (QED) is 0.298. The molecule has 0 unspecified atom stereocenters. The molecule has 1 aromatic carbocycles. The van der Waals surface area contributed by atoms with E-state index in [0.717, 1.165) is 13.0 Å². The zero-order valence-electron chi connectivity index (χ0n) is 15.1. The summed E-state index contributed by atoms with van der Waals surface area (Å²) in [6.07, 6.45) is 4.77. The van der Waals surface area contributed by atoms with Gasteiger partial charge in [-0.1, -0.05) is 51.3 Å². The first-order valence-corrected chi connectivity index (χ1v) is 9.29. The number of hydrogen-bond acceptors (Lipinski definition) is 4. The molecule has 140 valence electrons. The molecule has 1 aromatic heterocycles. The summed E-state index contributed by atoms with van der Waals surface area (Å²) in [6, 6.07) is 8.53. The van der Waals surface area contributed by atoms with Gasteiger partial charge in [-0.3, -0.25) is 15.6 Å². The highest BCUT2D eigenvalue weighted by molar-refractivity contribution is 7.80. The number of carbonyl (C=O) groups excluding carboxylic acids is 1. The van der Waals surface area contributed by atoms with Gasteiger partial charge in [0.15, 0.2) is 5.11 Å². The van der Waals surface area contributed by atoms with E-state index < -0.39 is 11.5 Å². The largest absolute Gasteiger partial charge is 0.422 e. The number of thiocarbonyl (C=S) groups is 1. The van der Waals surface area contributed by atoms with Gasteiger partial charge in [-0.25, -0.2) is 4.79 Å². The van der Waals surface area contributed by atoms with Crippen LogP contribution in [0.3, 0.4) is 0 Å². The molecule has 0 spiro atoms. The highest BCUT2D eigenvalue weighted by Gasteiger charge is 2.13. The SMILES string of the molecule is CCCCC[C@@H](C)CNC(=S)NNC(=O)c1cc2ccccc2oc1=O. The van der Waals surface area contributed by atoms with Gasteiger partial charge in [0.05, 0.1) is 0 Å². The Hall–Kier alpha value is -2.41. The smallest absolute Gasteiger partial charge is 0.349 e. The van der Waals surface area contributed by atoms with Crippen LogP contribution in [0.4, 0.5) is 0 Å². The van der Waals surface area contributed by atoms with Crippen molar-refractivity contribution in [2.75, 3.05) is 6.54 Å². The van der Waals surface area contributed by atoms with E-state index in [9.17, 15) is 9.59 Å². The van der Waals surface area contributed by atoms with E-state index in [2.05, 4.69) is 30.0 Å². The maximum Gasteiger partial charge on any atom is 0.349 e. The molecule has 3 N–H and O–H groups in total. The van der Waals surface area contributed by atoms with Crippen LogP contribution in [0.2, 0.25) is 0 Å². The molecule has 0 saturated carbocycles. The van der Waals surface area contributed by atoms with Crippen LogP contribution >= 0.6 is 12.2 Å². The number of nitrogens with one attached hydrogen (secondary N) is 3. The molecule has 0 radical (unpaired) electrons. The molecule has 0 fully saturated rings. The summed E-state index contributed by atoms with van der Waals surface area (Å²) < 4.78 is 5.15. The average Bonchev–Trinajstić information content (AvgIpc) is 2.64. The van der Waals surface area contributed by atoms with Gasteiger partial charge in [0.1, 0.15) is 11.1 Å². The molecule has 0 aliphatic carbocycles. The van der Waals surface area contributed by atoms with Gasteiger partial charge in [-0.2, -0.15) is 0 Å². The second-order valence-electron chi connectivity index (χ2n) is 6.38. The van der Waals surface area contributed by atoms with E-state index in [1.54, 1.807) is 18.2 Å². The predicted octanol–water partition coefficient (Wildman–Crippen LogP) is 3.12. The van der Waals surface area contributed by atoms with Crippen molar-refractivity contribution in [1.82, 2.24) is 16.2 Å². The van der Waals surface area contributed by atoms with Gasteiger partial charge in [0.2, 0.25) is 0 Å². The topological polar surface area (TPSA) is 83.4 Å². The lowest BCUT2D eigenvalue weighted by Gasteiger charge is -2.15. The summed E-state index contributed by atoms with van der Waals surface area (Å²) in [6.45, 7) is 5.06. The number of carbonyl (C=O) groups is 1. The van der Waals surface area contributed by atoms with Crippen molar-refractivity contribution in [3.63, 3.8) is 0 Å². The zero-order chi connectivity index (χ0) is 18.9. The minimum atomic E-state index is -0.688. The summed E-state index contributed by atoms with van der Waals surface area (Å²) in [5.74, 6) is -0.103. The Labute approximate surface area is 158 Å². The van der Waals surface area contributed by atoms with Gasteiger partial charge in [0, 0.05) is 11.9 Å². The van der Waals surface area contributed by atoms with E-state index in [1.807, 2.05) is 6.07 Å². The fourth-order valence-electron chi connectivity index (χ4n) is 2.56. The van der Waals surface area contributed by atoms with Crippen LogP contribution in [0.1, 0.15) is 49.9 Å². The Morgan fingerprint density at radius 3 is 2.77 bits per heavy atom. The normalized spacial score (nSPS) is 11.8. The number of benzene rings is 1. The number of amides is 1. The number of rotatable bonds is 7. The van der Waals surface area contributed by atoms with Crippen LogP contribution in [0.5, 0.6) is 0 Å². The van der Waals surface area contributed by atoms with E-state index in [1.165, 1.54) is 25.3 Å². The van der Waals surface area contributed by atoms with Crippen molar-refractivity contribution in [3.05, 3.63) is 46.3 Å². The van der Waals surface area contributed by atoms with Crippen molar-refractivity contribution in [2.45, 2.75) is 39.5 Å². The fourth-order valence-corrected chi connectivity index (χ4v) is 2.69. The highest BCUT2D eigenvalue weighted by Crippen LogP contribution is 2.12. The van der Waals surface area contributed by atoms with Crippen molar-refractivity contribution in [2.24, 2.45) is 5.92 Å². The monoisotopic (exact) mass is 375 g/mol. The number of hydrazine groups is 1. The molecule has 1 atom stereocenters. The molecular formula is C19H25N3O3S. The minimum absolute atomic E-state index is 0.0769. The summed E-state index contributed by atoms with van der Waals surface area (Å²) in [7, 11) is 0. The van der Waals surface area contributed by atoms with Crippen molar-refractivity contribution in [3.8, 4) is 0 Å². The molecule has 7 heteroatoms. The Morgan fingerprint density at radius 1 is 1.23 bits per heavy atom. The lowest BCUT2D eigenvalue weighted by atomic mass is 10.0. The molecule has 1 heterocycles. The summed E-state index contributed by atoms with van der Waals surface area (Å²) in [4.78, 5) is 24.2. The number of unbranched alkanes of at least 4 members (excludes halogenated alkanes) is 2. The Kier molecular flexibility index (Phi) is 7.59. The third-order valence-electron chi connectivity index (χ3n) is 4.09. The molecule has 6 nitrogen and oxygen atoms in total. The molecule has 26 heavy (non-hydrogen) atoms. The van der Waals surface area contributed by atoms with Crippen LogP contribution in [0.25, 0.3) is 11.0 Å². The second kappa shape index (κ2) is 9.91. The van der Waals surface area contributed by atoms with Gasteiger partial charge in [-0.15, -0.1) is 0 Å². The lowest BCUT2D eigenvalue weighted by molar-refractivity contribution is 0.0940. The number of fused-ring (bicyclic) bond motifs is 1. The molecular weight excluding hydrogens is 350 g/mol. The molecule has 2 rings (SSSR count). The molecule has 0 bridgehead atoms. The van der Waals surface area contributed by atoms with Crippen LogP contribution < -0.4 is 21.8 Å². The van der Waals surface area contributed by atoms with E-state index in [-0.39, 0.29) is 5.56 Å². The van der Waals surface area contributed by atoms with Crippen molar-refractivity contribution in [1.29, 1.82) is 0 Å². The lowest BCUT2D eigenvalue weighted by Crippen LogP contribution is -2.48. The van der Waals surface area contributed by atoms with Gasteiger partial charge < -0.3 is 9.73 Å². The fraction of sp³-hybridized carbons (Fsp3) is 0.421. The number of para-hydroxylation sites is 1.